The van der Waals surface area contributed by atoms with Crippen molar-refractivity contribution >= 4 is 11.9 Å². The van der Waals surface area contributed by atoms with Crippen LogP contribution in [0, 0.1) is 0 Å². The summed E-state index contributed by atoms with van der Waals surface area (Å²) in [6.07, 6.45) is 0.735. The smallest absolute Gasteiger partial charge is 0.316 e. The van der Waals surface area contributed by atoms with Crippen molar-refractivity contribution in [1.82, 2.24) is 5.32 Å². The zero-order chi connectivity index (χ0) is 12.3. The predicted molar refractivity (Wildman–Crippen MR) is 62.4 cm³/mol. The van der Waals surface area contributed by atoms with Gasteiger partial charge < -0.3 is 10.1 Å². The van der Waals surface area contributed by atoms with E-state index in [0.29, 0.717) is 13.0 Å². The summed E-state index contributed by atoms with van der Waals surface area (Å²) in [6, 6.07) is 9.36. The number of ether oxygens (including phenoxy) is 1. The fraction of sp³-hybridized carbons (Fsp3) is 0.385. The summed E-state index contributed by atoms with van der Waals surface area (Å²) in [7, 11) is 1.36. The van der Waals surface area contributed by atoms with Crippen LogP contribution in [0.1, 0.15) is 18.4 Å². The van der Waals surface area contributed by atoms with Crippen molar-refractivity contribution in [3.8, 4) is 0 Å². The Kier molecular flexibility index (Phi) is 3.13. The molecule has 17 heavy (non-hydrogen) atoms. The molecule has 1 fully saturated rings. The van der Waals surface area contributed by atoms with Crippen molar-refractivity contribution in [3.05, 3.63) is 35.9 Å². The first-order valence-electron chi connectivity index (χ1n) is 5.60. The van der Waals surface area contributed by atoms with Crippen LogP contribution in [0.25, 0.3) is 0 Å². The van der Waals surface area contributed by atoms with Gasteiger partial charge in [0.2, 0.25) is 5.91 Å². The first-order valence-corrected chi connectivity index (χ1v) is 5.60. The molecular weight excluding hydrogens is 218 g/mol. The van der Waals surface area contributed by atoms with E-state index in [0.717, 1.165) is 5.56 Å². The number of hydrogen-bond acceptors (Lipinski definition) is 3. The molecule has 1 saturated heterocycles. The van der Waals surface area contributed by atoms with Crippen LogP contribution in [-0.2, 0) is 19.7 Å². The highest BCUT2D eigenvalue weighted by atomic mass is 16.5. The minimum Gasteiger partial charge on any atom is -0.468 e. The average Bonchev–Trinajstić information content (AvgIpc) is 2.38. The molecule has 0 radical (unpaired) electrons. The molecule has 1 atom stereocenters. The lowest BCUT2D eigenvalue weighted by atomic mass is 9.73. The third-order valence-corrected chi connectivity index (χ3v) is 3.24. The number of hydrogen-bond donors (Lipinski definition) is 1. The second-order valence-corrected chi connectivity index (χ2v) is 4.22. The molecule has 4 nitrogen and oxygen atoms in total. The molecule has 0 aromatic heterocycles. The molecule has 1 aliphatic heterocycles. The van der Waals surface area contributed by atoms with Crippen molar-refractivity contribution in [1.29, 1.82) is 0 Å². The summed E-state index contributed by atoms with van der Waals surface area (Å²) in [5.41, 5.74) is 0.0277. The van der Waals surface area contributed by atoms with Gasteiger partial charge in [-0.05, 0) is 12.0 Å². The Hall–Kier alpha value is -1.84. The van der Waals surface area contributed by atoms with E-state index < -0.39 is 5.41 Å². The van der Waals surface area contributed by atoms with Crippen molar-refractivity contribution in [2.24, 2.45) is 0 Å². The standard InChI is InChI=1S/C13H15NO3/c1-17-12(16)13(7-8-14-11(15)9-13)10-5-3-2-4-6-10/h2-6H,7-9H2,1H3,(H,14,15)/t13-/m1/s1. The highest BCUT2D eigenvalue weighted by Gasteiger charge is 2.45. The third kappa shape index (κ3) is 2.02. The number of carbonyl (C=O) groups excluding carboxylic acids is 2. The van der Waals surface area contributed by atoms with E-state index in [1.54, 1.807) is 0 Å². The van der Waals surface area contributed by atoms with Gasteiger partial charge in [0.25, 0.3) is 0 Å². The Morgan fingerprint density at radius 3 is 2.65 bits per heavy atom. The lowest BCUT2D eigenvalue weighted by Crippen LogP contribution is -2.48. The molecule has 90 valence electrons. The summed E-state index contributed by atoms with van der Waals surface area (Å²) >= 11 is 0. The molecule has 1 N–H and O–H groups in total. The van der Waals surface area contributed by atoms with Crippen LogP contribution in [0.15, 0.2) is 30.3 Å². The Labute approximate surface area is 100.0 Å². The first kappa shape index (κ1) is 11.6. The molecule has 1 heterocycles. The van der Waals surface area contributed by atoms with Gasteiger partial charge in [-0.15, -0.1) is 0 Å². The number of rotatable bonds is 2. The quantitative estimate of drug-likeness (QED) is 0.775. The Balaban J connectivity index is 2.43. The van der Waals surface area contributed by atoms with Gasteiger partial charge in [0.1, 0.15) is 5.41 Å². The summed E-state index contributed by atoms with van der Waals surface area (Å²) < 4.78 is 4.88. The number of esters is 1. The van der Waals surface area contributed by atoms with Crippen LogP contribution in [0.5, 0.6) is 0 Å². The summed E-state index contributed by atoms with van der Waals surface area (Å²) in [5, 5.41) is 2.74. The lowest BCUT2D eigenvalue weighted by molar-refractivity contribution is -0.151. The highest BCUT2D eigenvalue weighted by molar-refractivity contribution is 5.91. The maximum absolute atomic E-state index is 12.0. The predicted octanol–water partition coefficient (Wildman–Crippen LogP) is 1.01. The van der Waals surface area contributed by atoms with Crippen LogP contribution < -0.4 is 5.32 Å². The SMILES string of the molecule is COC(=O)[C@]1(c2ccccc2)CCNC(=O)C1. The van der Waals surface area contributed by atoms with Crippen molar-refractivity contribution in [2.75, 3.05) is 13.7 Å². The minimum atomic E-state index is -0.821. The van der Waals surface area contributed by atoms with Crippen LogP contribution in [0.2, 0.25) is 0 Å². The van der Waals surface area contributed by atoms with Crippen LogP contribution in [0.3, 0.4) is 0 Å². The van der Waals surface area contributed by atoms with E-state index in [2.05, 4.69) is 5.32 Å². The Morgan fingerprint density at radius 1 is 1.35 bits per heavy atom. The van der Waals surface area contributed by atoms with Gasteiger partial charge in [0.15, 0.2) is 0 Å². The monoisotopic (exact) mass is 233 g/mol. The second kappa shape index (κ2) is 4.57. The zero-order valence-corrected chi connectivity index (χ0v) is 9.73. The first-order chi connectivity index (χ1) is 8.19. The molecule has 1 amide bonds. The number of amides is 1. The molecule has 0 aliphatic carbocycles. The van der Waals surface area contributed by atoms with E-state index in [9.17, 15) is 9.59 Å². The average molecular weight is 233 g/mol. The van der Waals surface area contributed by atoms with Crippen molar-refractivity contribution in [3.63, 3.8) is 0 Å². The maximum Gasteiger partial charge on any atom is 0.316 e. The molecular formula is C13H15NO3. The molecule has 0 saturated carbocycles. The normalized spacial score (nSPS) is 23.9. The topological polar surface area (TPSA) is 55.4 Å². The van der Waals surface area contributed by atoms with Gasteiger partial charge in [-0.3, -0.25) is 9.59 Å². The van der Waals surface area contributed by atoms with Crippen molar-refractivity contribution < 1.29 is 14.3 Å². The van der Waals surface area contributed by atoms with E-state index >= 15 is 0 Å². The van der Waals surface area contributed by atoms with Crippen LogP contribution in [0.4, 0.5) is 0 Å². The molecule has 1 aliphatic rings. The summed E-state index contributed by atoms with van der Waals surface area (Å²) in [5.74, 6) is -0.441. The number of benzene rings is 1. The van der Waals surface area contributed by atoms with E-state index in [4.69, 9.17) is 4.74 Å². The number of methoxy groups -OCH3 is 1. The number of piperidine rings is 1. The van der Waals surface area contributed by atoms with E-state index in [-0.39, 0.29) is 18.3 Å². The third-order valence-electron chi connectivity index (χ3n) is 3.24. The molecule has 1 aromatic rings. The van der Waals surface area contributed by atoms with Gasteiger partial charge in [-0.25, -0.2) is 0 Å². The molecule has 1 aromatic carbocycles. The van der Waals surface area contributed by atoms with Gasteiger partial charge in [-0.1, -0.05) is 30.3 Å². The fourth-order valence-corrected chi connectivity index (χ4v) is 2.33. The van der Waals surface area contributed by atoms with E-state index in [1.807, 2.05) is 30.3 Å². The lowest BCUT2D eigenvalue weighted by Gasteiger charge is -2.34. The number of carbonyl (C=O) groups is 2. The summed E-state index contributed by atoms with van der Waals surface area (Å²) in [4.78, 5) is 23.6. The molecule has 0 spiro atoms. The van der Waals surface area contributed by atoms with Gasteiger partial charge in [-0.2, -0.15) is 0 Å². The molecule has 0 unspecified atom stereocenters. The molecule has 2 rings (SSSR count). The van der Waals surface area contributed by atoms with Crippen LogP contribution >= 0.6 is 0 Å². The van der Waals surface area contributed by atoms with Gasteiger partial charge in [0.05, 0.1) is 7.11 Å². The van der Waals surface area contributed by atoms with Gasteiger partial charge >= 0.3 is 5.97 Å². The Morgan fingerprint density at radius 2 is 2.06 bits per heavy atom. The fourth-order valence-electron chi connectivity index (χ4n) is 2.33. The van der Waals surface area contributed by atoms with E-state index in [1.165, 1.54) is 7.11 Å². The zero-order valence-electron chi connectivity index (χ0n) is 9.73. The van der Waals surface area contributed by atoms with Crippen LogP contribution in [-0.4, -0.2) is 25.5 Å². The summed E-state index contributed by atoms with van der Waals surface area (Å²) in [6.45, 7) is 0.503. The van der Waals surface area contributed by atoms with Crippen molar-refractivity contribution in [2.45, 2.75) is 18.3 Å². The minimum absolute atomic E-state index is 0.106. The largest absolute Gasteiger partial charge is 0.468 e. The molecule has 0 bridgehead atoms. The maximum atomic E-state index is 12.0. The molecule has 4 heteroatoms. The second-order valence-electron chi connectivity index (χ2n) is 4.22. The Bertz CT molecular complexity index is 430. The number of nitrogens with one attached hydrogen (secondary N) is 1. The highest BCUT2D eigenvalue weighted by Crippen LogP contribution is 2.34. The van der Waals surface area contributed by atoms with Gasteiger partial charge in [0, 0.05) is 13.0 Å².